The summed E-state index contributed by atoms with van der Waals surface area (Å²) >= 11 is 5.93. The first-order valence-corrected chi connectivity index (χ1v) is 6.83. The summed E-state index contributed by atoms with van der Waals surface area (Å²) in [6.45, 7) is 1.90. The number of carboxylic acids is 1. The Kier molecular flexibility index (Phi) is 6.50. The molecule has 1 aromatic carbocycles. The molecule has 2 amide bonds. The van der Waals surface area contributed by atoms with Crippen molar-refractivity contribution in [3.8, 4) is 6.07 Å². The molecule has 0 radical (unpaired) electrons. The number of aliphatic carboxylic acids is 1. The summed E-state index contributed by atoms with van der Waals surface area (Å²) in [5, 5.41) is 23.0. The molecule has 6 nitrogen and oxygen atoms in total. The lowest BCUT2D eigenvalue weighted by Crippen LogP contribution is -2.39. The molecule has 1 rings (SSSR count). The van der Waals surface area contributed by atoms with E-state index in [1.54, 1.807) is 0 Å². The van der Waals surface area contributed by atoms with E-state index >= 15 is 0 Å². The molecule has 0 spiro atoms. The highest BCUT2D eigenvalue weighted by atomic mass is 35.5. The van der Waals surface area contributed by atoms with Gasteiger partial charge in [0.05, 0.1) is 28.8 Å². The maximum absolute atomic E-state index is 11.9. The number of carboxylic acid groups (broad SMARTS) is 1. The van der Waals surface area contributed by atoms with Gasteiger partial charge < -0.3 is 15.7 Å². The largest absolute Gasteiger partial charge is 0.481 e. The van der Waals surface area contributed by atoms with E-state index < -0.39 is 18.0 Å². The van der Waals surface area contributed by atoms with Crippen LogP contribution in [0.1, 0.15) is 31.7 Å². The minimum Gasteiger partial charge on any atom is -0.481 e. The summed E-state index contributed by atoms with van der Waals surface area (Å²) in [6, 6.07) is 5.44. The van der Waals surface area contributed by atoms with E-state index in [1.807, 2.05) is 13.0 Å². The normalized spacial score (nSPS) is 11.3. The average molecular weight is 310 g/mol. The van der Waals surface area contributed by atoms with Crippen LogP contribution in [0.4, 0.5) is 10.5 Å². The van der Waals surface area contributed by atoms with Crippen molar-refractivity contribution in [1.82, 2.24) is 5.32 Å². The van der Waals surface area contributed by atoms with Crippen molar-refractivity contribution >= 4 is 29.3 Å². The van der Waals surface area contributed by atoms with Crippen LogP contribution >= 0.6 is 11.6 Å². The lowest BCUT2D eigenvalue weighted by Gasteiger charge is -2.17. The fraction of sp³-hybridized carbons (Fsp3) is 0.357. The topological polar surface area (TPSA) is 102 Å². The van der Waals surface area contributed by atoms with Gasteiger partial charge in [0.15, 0.2) is 0 Å². The Morgan fingerprint density at radius 2 is 2.19 bits per heavy atom. The van der Waals surface area contributed by atoms with Gasteiger partial charge in [0.25, 0.3) is 0 Å². The molecular weight excluding hydrogens is 294 g/mol. The van der Waals surface area contributed by atoms with E-state index in [4.69, 9.17) is 22.0 Å². The molecule has 3 N–H and O–H groups in total. The van der Waals surface area contributed by atoms with Crippen LogP contribution in [-0.2, 0) is 4.79 Å². The molecule has 1 aromatic rings. The van der Waals surface area contributed by atoms with Crippen molar-refractivity contribution in [2.45, 2.75) is 32.2 Å². The molecule has 7 heteroatoms. The maximum atomic E-state index is 11.9. The van der Waals surface area contributed by atoms with E-state index in [-0.39, 0.29) is 6.42 Å². The Hall–Kier alpha value is -2.26. The van der Waals surface area contributed by atoms with Gasteiger partial charge in [0.2, 0.25) is 0 Å². The molecule has 0 heterocycles. The molecule has 0 saturated carbocycles. The zero-order valence-corrected chi connectivity index (χ0v) is 12.3. The third kappa shape index (κ3) is 5.71. The number of rotatable bonds is 6. The number of amides is 2. The molecule has 0 fully saturated rings. The summed E-state index contributed by atoms with van der Waals surface area (Å²) < 4.78 is 0. The Morgan fingerprint density at radius 1 is 1.48 bits per heavy atom. The van der Waals surface area contributed by atoms with Gasteiger partial charge in [0.1, 0.15) is 0 Å². The summed E-state index contributed by atoms with van der Waals surface area (Å²) in [5.41, 5.74) is 0.670. The van der Waals surface area contributed by atoms with Gasteiger partial charge in [-0.25, -0.2) is 4.79 Å². The van der Waals surface area contributed by atoms with Crippen LogP contribution in [-0.4, -0.2) is 23.1 Å². The standard InChI is InChI=1S/C14H16ClN3O3/c1-2-3-10(7-13(19)20)17-14(21)18-12-6-9(8-16)4-5-11(12)15/h4-6,10H,2-3,7H2,1H3,(H,19,20)(H2,17,18,21). The highest BCUT2D eigenvalue weighted by Crippen LogP contribution is 2.22. The van der Waals surface area contributed by atoms with Crippen molar-refractivity contribution < 1.29 is 14.7 Å². The van der Waals surface area contributed by atoms with Crippen molar-refractivity contribution in [2.24, 2.45) is 0 Å². The Balaban J connectivity index is 2.71. The fourth-order valence-electron chi connectivity index (χ4n) is 1.82. The molecule has 0 aliphatic carbocycles. The highest BCUT2D eigenvalue weighted by molar-refractivity contribution is 6.33. The number of hydrogen-bond donors (Lipinski definition) is 3. The molecule has 0 aliphatic rings. The van der Waals surface area contributed by atoms with Gasteiger partial charge in [-0.2, -0.15) is 5.26 Å². The van der Waals surface area contributed by atoms with Crippen molar-refractivity contribution in [1.29, 1.82) is 5.26 Å². The molecular formula is C14H16ClN3O3. The van der Waals surface area contributed by atoms with Crippen molar-refractivity contribution in [3.05, 3.63) is 28.8 Å². The van der Waals surface area contributed by atoms with Crippen LogP contribution in [0, 0.1) is 11.3 Å². The predicted molar refractivity (Wildman–Crippen MR) is 79.3 cm³/mol. The van der Waals surface area contributed by atoms with Gasteiger partial charge in [-0.15, -0.1) is 0 Å². The molecule has 0 saturated heterocycles. The number of nitrogens with one attached hydrogen (secondary N) is 2. The Bertz CT molecular complexity index is 569. The quantitative estimate of drug-likeness (QED) is 0.751. The van der Waals surface area contributed by atoms with Crippen LogP contribution < -0.4 is 10.6 Å². The fourth-order valence-corrected chi connectivity index (χ4v) is 1.98. The highest BCUT2D eigenvalue weighted by Gasteiger charge is 2.15. The molecule has 112 valence electrons. The second-order valence-corrected chi connectivity index (χ2v) is 4.90. The van der Waals surface area contributed by atoms with Gasteiger partial charge in [0, 0.05) is 6.04 Å². The van der Waals surface area contributed by atoms with Gasteiger partial charge in [-0.3, -0.25) is 4.79 Å². The lowest BCUT2D eigenvalue weighted by atomic mass is 10.1. The molecule has 1 atom stereocenters. The monoisotopic (exact) mass is 309 g/mol. The van der Waals surface area contributed by atoms with Crippen LogP contribution in [0.15, 0.2) is 18.2 Å². The number of halogens is 1. The third-order valence-corrected chi connectivity index (χ3v) is 3.07. The predicted octanol–water partition coefficient (Wildman–Crippen LogP) is 2.98. The summed E-state index contributed by atoms with van der Waals surface area (Å²) in [4.78, 5) is 22.6. The molecule has 0 bridgehead atoms. The van der Waals surface area contributed by atoms with Crippen molar-refractivity contribution in [2.75, 3.05) is 5.32 Å². The summed E-state index contributed by atoms with van der Waals surface area (Å²) in [7, 11) is 0. The minimum absolute atomic E-state index is 0.146. The molecule has 0 aliphatic heterocycles. The van der Waals surface area contributed by atoms with Gasteiger partial charge in [-0.05, 0) is 24.6 Å². The first kappa shape index (κ1) is 16.8. The second kappa shape index (κ2) is 8.12. The lowest BCUT2D eigenvalue weighted by molar-refractivity contribution is -0.137. The maximum Gasteiger partial charge on any atom is 0.319 e. The third-order valence-electron chi connectivity index (χ3n) is 2.74. The van der Waals surface area contributed by atoms with E-state index in [0.717, 1.165) is 6.42 Å². The number of nitrogens with zero attached hydrogens (tertiary/aromatic N) is 1. The Labute approximate surface area is 127 Å². The smallest absolute Gasteiger partial charge is 0.319 e. The molecule has 0 aromatic heterocycles. The van der Waals surface area contributed by atoms with E-state index in [9.17, 15) is 9.59 Å². The first-order chi connectivity index (χ1) is 9.96. The number of carbonyl (C=O) groups excluding carboxylic acids is 1. The van der Waals surface area contributed by atoms with Crippen LogP contribution in [0.2, 0.25) is 5.02 Å². The van der Waals surface area contributed by atoms with Crippen LogP contribution in [0.5, 0.6) is 0 Å². The number of nitriles is 1. The number of urea groups is 1. The minimum atomic E-state index is -0.974. The van der Waals surface area contributed by atoms with Gasteiger partial charge in [-0.1, -0.05) is 24.9 Å². The zero-order valence-electron chi connectivity index (χ0n) is 11.5. The molecule has 21 heavy (non-hydrogen) atoms. The number of carbonyl (C=O) groups is 2. The molecule has 1 unspecified atom stereocenters. The zero-order chi connectivity index (χ0) is 15.8. The number of benzene rings is 1. The number of hydrogen-bond acceptors (Lipinski definition) is 3. The summed E-state index contributed by atoms with van der Waals surface area (Å²) in [5.74, 6) is -0.974. The van der Waals surface area contributed by atoms with E-state index in [2.05, 4.69) is 10.6 Å². The van der Waals surface area contributed by atoms with Crippen LogP contribution in [0.3, 0.4) is 0 Å². The SMILES string of the molecule is CCCC(CC(=O)O)NC(=O)Nc1cc(C#N)ccc1Cl. The first-order valence-electron chi connectivity index (χ1n) is 6.45. The van der Waals surface area contributed by atoms with Crippen LogP contribution in [0.25, 0.3) is 0 Å². The average Bonchev–Trinajstić information content (AvgIpc) is 2.40. The summed E-state index contributed by atoms with van der Waals surface area (Å²) in [6.07, 6.45) is 1.17. The number of anilines is 1. The Morgan fingerprint density at radius 3 is 2.76 bits per heavy atom. The van der Waals surface area contributed by atoms with Crippen molar-refractivity contribution in [3.63, 3.8) is 0 Å². The van der Waals surface area contributed by atoms with E-state index in [1.165, 1.54) is 18.2 Å². The van der Waals surface area contributed by atoms with E-state index in [0.29, 0.717) is 22.7 Å². The second-order valence-electron chi connectivity index (χ2n) is 4.49. The van der Waals surface area contributed by atoms with Gasteiger partial charge >= 0.3 is 12.0 Å².